The number of alkyl halides is 3. The van der Waals surface area contributed by atoms with Gasteiger partial charge in [0.2, 0.25) is 0 Å². The third kappa shape index (κ3) is 13.3. The fourth-order valence-corrected chi connectivity index (χ4v) is 8.27. The number of benzene rings is 2. The minimum Gasteiger partial charge on any atom is -0.478 e. The van der Waals surface area contributed by atoms with Gasteiger partial charge in [-0.3, -0.25) is 4.79 Å². The SMILES string of the molecule is CC(C)(C)OC(=O)N1CCC2(CCNC2)CC1.Cc1cc(C(=O)N2CCC3(CCN(C(=O)OC(C)(C)C)CC3)C2)ccc1Br.O=C(O)c1ccc(Br)c(C(F)(F)F)c1. The van der Waals surface area contributed by atoms with Crippen LogP contribution in [0.4, 0.5) is 22.8 Å². The summed E-state index contributed by atoms with van der Waals surface area (Å²) in [4.78, 5) is 53.1. The normalized spacial score (nSPS) is 18.9. The Kier molecular flexibility index (Phi) is 15.4. The lowest BCUT2D eigenvalue weighted by Crippen LogP contribution is -2.46. The zero-order valence-electron chi connectivity index (χ0n) is 34.5. The van der Waals surface area contributed by atoms with Gasteiger partial charge in [0, 0.05) is 60.3 Å². The second-order valence-corrected chi connectivity index (χ2v) is 19.5. The van der Waals surface area contributed by atoms with Crippen LogP contribution in [0.15, 0.2) is 45.3 Å². The molecule has 4 fully saturated rings. The molecule has 0 saturated carbocycles. The lowest BCUT2D eigenvalue weighted by Gasteiger charge is -2.39. The minimum atomic E-state index is -4.55. The van der Waals surface area contributed by atoms with E-state index in [0.29, 0.717) is 24.6 Å². The number of ether oxygens (including phenoxy) is 2. The summed E-state index contributed by atoms with van der Waals surface area (Å²) in [5, 5.41) is 11.9. The van der Waals surface area contributed by atoms with Gasteiger partial charge in [-0.15, -0.1) is 0 Å². The highest BCUT2D eigenvalue weighted by atomic mass is 79.9. The van der Waals surface area contributed by atoms with E-state index < -0.39 is 23.3 Å². The molecule has 2 N–H and O–H groups in total. The highest BCUT2D eigenvalue weighted by molar-refractivity contribution is 9.10. The lowest BCUT2D eigenvalue weighted by atomic mass is 9.78. The van der Waals surface area contributed by atoms with Gasteiger partial charge < -0.3 is 34.6 Å². The number of carboxylic acid groups (broad SMARTS) is 1. The van der Waals surface area contributed by atoms with E-state index in [2.05, 4.69) is 37.2 Å². The van der Waals surface area contributed by atoms with Crippen molar-refractivity contribution in [1.82, 2.24) is 20.0 Å². The standard InChI is InChI=1S/C21H29BrN2O3.C13H24N2O2.C8H4BrF3O2/c1-15-13-16(5-6-17(15)22)18(25)24-12-9-21(14-24)7-10-23(11-8-21)19(26)27-20(2,3)4;1-12(2,3)17-11(16)15-8-5-13(6-9-15)4-7-14-10-13;9-6-2-1-4(7(13)14)3-5(6)8(10,11)12/h5-6,13H,7-12,14H2,1-4H3;14H,4-10H2,1-3H3;1-3H,(H,13,14). The summed E-state index contributed by atoms with van der Waals surface area (Å²) in [6, 6.07) is 8.52. The maximum Gasteiger partial charge on any atom is 0.417 e. The molecular weight excluding hydrogens is 889 g/mol. The van der Waals surface area contributed by atoms with Gasteiger partial charge in [0.15, 0.2) is 0 Å². The number of carbonyl (C=O) groups excluding carboxylic acids is 3. The maximum absolute atomic E-state index is 12.9. The van der Waals surface area contributed by atoms with Crippen molar-refractivity contribution in [2.24, 2.45) is 10.8 Å². The van der Waals surface area contributed by atoms with Gasteiger partial charge in [0.1, 0.15) is 11.2 Å². The number of halogens is 5. The average Bonchev–Trinajstić information content (AvgIpc) is 3.75. The van der Waals surface area contributed by atoms with Gasteiger partial charge in [-0.25, -0.2) is 14.4 Å². The number of nitrogens with zero attached hydrogens (tertiary/aromatic N) is 3. The summed E-state index contributed by atoms with van der Waals surface area (Å²) >= 11 is 6.19. The first-order chi connectivity index (χ1) is 26.8. The molecule has 0 bridgehead atoms. The lowest BCUT2D eigenvalue weighted by molar-refractivity contribution is -0.138. The molecule has 4 aliphatic rings. The van der Waals surface area contributed by atoms with Crippen molar-refractivity contribution in [3.63, 3.8) is 0 Å². The van der Waals surface area contributed by atoms with E-state index in [9.17, 15) is 32.3 Å². The van der Waals surface area contributed by atoms with Gasteiger partial charge in [0.05, 0.1) is 11.1 Å². The van der Waals surface area contributed by atoms with Crippen molar-refractivity contribution in [3.8, 4) is 0 Å². The number of hydrogen-bond acceptors (Lipinski definition) is 7. The van der Waals surface area contributed by atoms with Crippen LogP contribution in [0.3, 0.4) is 0 Å². The van der Waals surface area contributed by atoms with Crippen LogP contribution in [-0.2, 0) is 15.7 Å². The van der Waals surface area contributed by atoms with Crippen LogP contribution in [0.1, 0.15) is 112 Å². The van der Waals surface area contributed by atoms with Gasteiger partial charge >= 0.3 is 24.3 Å². The summed E-state index contributed by atoms with van der Waals surface area (Å²) in [6.07, 6.45) is 1.41. The molecule has 4 saturated heterocycles. The third-order valence-electron chi connectivity index (χ3n) is 10.9. The first-order valence-corrected chi connectivity index (χ1v) is 21.2. The van der Waals surface area contributed by atoms with Crippen molar-refractivity contribution in [3.05, 3.63) is 67.6 Å². The Bertz CT molecular complexity index is 1790. The largest absolute Gasteiger partial charge is 0.478 e. The molecule has 3 amide bonds. The van der Waals surface area contributed by atoms with Crippen LogP contribution in [0.2, 0.25) is 0 Å². The number of carbonyl (C=O) groups is 4. The van der Waals surface area contributed by atoms with E-state index in [-0.39, 0.29) is 39.1 Å². The van der Waals surface area contributed by atoms with Crippen molar-refractivity contribution >= 4 is 55.9 Å². The first kappa shape index (κ1) is 47.3. The van der Waals surface area contributed by atoms with Gasteiger partial charge in [-0.1, -0.05) is 31.9 Å². The highest BCUT2D eigenvalue weighted by Gasteiger charge is 2.44. The van der Waals surface area contributed by atoms with E-state index in [0.717, 1.165) is 99.1 Å². The molecule has 0 atom stereocenters. The number of piperidine rings is 2. The van der Waals surface area contributed by atoms with Crippen LogP contribution in [0.5, 0.6) is 0 Å². The molecular formula is C42H57Br2F3N4O7. The van der Waals surface area contributed by atoms with Crippen molar-refractivity contribution in [1.29, 1.82) is 0 Å². The summed E-state index contributed by atoms with van der Waals surface area (Å²) < 4.78 is 48.5. The number of hydrogen-bond donors (Lipinski definition) is 2. The summed E-state index contributed by atoms with van der Waals surface area (Å²) in [7, 11) is 0. The Morgan fingerprint density at radius 1 is 0.690 bits per heavy atom. The third-order valence-corrected chi connectivity index (χ3v) is 12.5. The minimum absolute atomic E-state index is 0.108. The summed E-state index contributed by atoms with van der Waals surface area (Å²) in [5.41, 5.74) is 0.182. The maximum atomic E-state index is 12.9. The summed E-state index contributed by atoms with van der Waals surface area (Å²) in [5.74, 6) is -1.28. The van der Waals surface area contributed by atoms with Crippen LogP contribution < -0.4 is 5.32 Å². The molecule has 11 nitrogen and oxygen atoms in total. The first-order valence-electron chi connectivity index (χ1n) is 19.6. The van der Waals surface area contributed by atoms with E-state index in [1.54, 1.807) is 4.90 Å². The predicted octanol–water partition coefficient (Wildman–Crippen LogP) is 9.78. The number of aryl methyl sites for hydroxylation is 1. The Balaban J connectivity index is 0.000000207. The number of rotatable bonds is 2. The summed E-state index contributed by atoms with van der Waals surface area (Å²) in [6.45, 7) is 20.3. The molecule has 0 aliphatic carbocycles. The number of aromatic carboxylic acids is 1. The van der Waals surface area contributed by atoms with Gasteiger partial charge in [-0.2, -0.15) is 13.2 Å². The van der Waals surface area contributed by atoms with Crippen molar-refractivity contribution in [2.75, 3.05) is 52.4 Å². The second-order valence-electron chi connectivity index (χ2n) is 17.8. The van der Waals surface area contributed by atoms with Crippen LogP contribution in [-0.4, -0.2) is 107 Å². The Morgan fingerprint density at radius 2 is 1.16 bits per heavy atom. The Hall–Kier alpha value is -3.37. The van der Waals surface area contributed by atoms with Crippen molar-refractivity contribution < 1.29 is 46.9 Å². The Labute approximate surface area is 356 Å². The van der Waals surface area contributed by atoms with E-state index >= 15 is 0 Å². The Morgan fingerprint density at radius 3 is 1.59 bits per heavy atom. The zero-order valence-corrected chi connectivity index (χ0v) is 37.7. The number of nitrogens with one attached hydrogen (secondary N) is 1. The second kappa shape index (κ2) is 18.9. The fraction of sp³-hybridized carbons (Fsp3) is 0.619. The molecule has 4 heterocycles. The van der Waals surface area contributed by atoms with Crippen LogP contribution in [0.25, 0.3) is 0 Å². The highest BCUT2D eigenvalue weighted by Crippen LogP contribution is 2.41. The molecule has 2 aromatic carbocycles. The van der Waals surface area contributed by atoms with Crippen LogP contribution >= 0.6 is 31.9 Å². The van der Waals surface area contributed by atoms with Crippen LogP contribution in [0, 0.1) is 17.8 Å². The molecule has 0 aromatic heterocycles. The van der Waals surface area contributed by atoms with Gasteiger partial charge in [0.25, 0.3) is 5.91 Å². The number of carboxylic acids is 1. The van der Waals surface area contributed by atoms with Crippen molar-refractivity contribution in [2.45, 2.75) is 104 Å². The molecule has 58 heavy (non-hydrogen) atoms. The van der Waals surface area contributed by atoms with E-state index in [1.807, 2.05) is 76.5 Å². The average molecular weight is 947 g/mol. The smallest absolute Gasteiger partial charge is 0.417 e. The molecule has 4 aliphatic heterocycles. The fourth-order valence-electron chi connectivity index (χ4n) is 7.55. The molecule has 6 rings (SSSR count). The number of likely N-dealkylation sites (tertiary alicyclic amines) is 3. The monoisotopic (exact) mass is 944 g/mol. The van der Waals surface area contributed by atoms with E-state index in [4.69, 9.17) is 14.6 Å². The topological polar surface area (TPSA) is 129 Å². The number of amides is 3. The molecule has 16 heteroatoms. The van der Waals surface area contributed by atoms with Gasteiger partial charge in [-0.05, 0) is 146 Å². The molecule has 0 radical (unpaired) electrons. The zero-order chi connectivity index (χ0) is 43.3. The molecule has 322 valence electrons. The van der Waals surface area contributed by atoms with E-state index in [1.165, 1.54) is 6.42 Å². The molecule has 2 aromatic rings. The predicted molar refractivity (Wildman–Crippen MR) is 222 cm³/mol. The quantitative estimate of drug-likeness (QED) is 0.305. The molecule has 0 unspecified atom stereocenters. The molecule has 2 spiro atoms.